The Balaban J connectivity index is 1.32. The Morgan fingerprint density at radius 2 is 1.00 bits per heavy atom. The Morgan fingerprint density at radius 1 is 0.466 bits per heavy atom. The summed E-state index contributed by atoms with van der Waals surface area (Å²) in [5, 5.41) is 15.1. The van der Waals surface area contributed by atoms with Gasteiger partial charge in [0.15, 0.2) is 11.4 Å². The SMILES string of the molecule is N#Cc1c(-c2ccccc2)nc(-c2cc(-c3ccccc3)c(-c3ccccc3)c(-n3c4ccccc4c4ccc5c6ccccc6oc5c43)c2)nc1-c1ccccc1. The molecule has 3 aromatic heterocycles. The molecular formula is C53H32N4O. The van der Waals surface area contributed by atoms with Crippen molar-refractivity contribution in [2.75, 3.05) is 0 Å². The van der Waals surface area contributed by atoms with Gasteiger partial charge in [0.1, 0.15) is 17.2 Å². The first-order valence-electron chi connectivity index (χ1n) is 19.3. The third kappa shape index (κ3) is 5.31. The van der Waals surface area contributed by atoms with Crippen molar-refractivity contribution in [3.05, 3.63) is 200 Å². The molecule has 0 bridgehead atoms. The van der Waals surface area contributed by atoms with E-state index in [-0.39, 0.29) is 0 Å². The highest BCUT2D eigenvalue weighted by Gasteiger charge is 2.25. The highest BCUT2D eigenvalue weighted by molar-refractivity contribution is 6.22. The van der Waals surface area contributed by atoms with E-state index < -0.39 is 0 Å². The minimum absolute atomic E-state index is 0.431. The lowest BCUT2D eigenvalue weighted by Crippen LogP contribution is -2.04. The van der Waals surface area contributed by atoms with E-state index in [4.69, 9.17) is 14.4 Å². The van der Waals surface area contributed by atoms with Crippen LogP contribution in [0.5, 0.6) is 0 Å². The molecule has 5 nitrogen and oxygen atoms in total. The van der Waals surface area contributed by atoms with Crippen molar-refractivity contribution in [3.8, 4) is 67.9 Å². The normalized spacial score (nSPS) is 11.4. The Morgan fingerprint density at radius 3 is 1.64 bits per heavy atom. The highest BCUT2D eigenvalue weighted by Crippen LogP contribution is 2.46. The Bertz CT molecular complexity index is 3320. The van der Waals surface area contributed by atoms with E-state index in [1.165, 1.54) is 0 Å². The van der Waals surface area contributed by atoms with Crippen molar-refractivity contribution in [1.82, 2.24) is 14.5 Å². The van der Waals surface area contributed by atoms with Gasteiger partial charge in [0, 0.05) is 43.8 Å². The molecule has 270 valence electrons. The number of furan rings is 1. The third-order valence-electron chi connectivity index (χ3n) is 11.1. The quantitative estimate of drug-likeness (QED) is 0.170. The van der Waals surface area contributed by atoms with Crippen LogP contribution in [0.3, 0.4) is 0 Å². The molecule has 0 amide bonds. The Labute approximate surface area is 334 Å². The largest absolute Gasteiger partial charge is 0.454 e. The van der Waals surface area contributed by atoms with Crippen molar-refractivity contribution >= 4 is 43.7 Å². The van der Waals surface area contributed by atoms with Crippen molar-refractivity contribution < 1.29 is 4.42 Å². The Kier molecular flexibility index (Phi) is 7.80. The molecule has 0 N–H and O–H groups in total. The maximum atomic E-state index is 10.7. The molecule has 8 aromatic carbocycles. The van der Waals surface area contributed by atoms with Gasteiger partial charge in [-0.25, -0.2) is 9.97 Å². The summed E-state index contributed by atoms with van der Waals surface area (Å²) >= 11 is 0. The summed E-state index contributed by atoms with van der Waals surface area (Å²) in [6, 6.07) is 69.0. The molecule has 5 heteroatoms. The molecule has 0 fully saturated rings. The van der Waals surface area contributed by atoms with E-state index in [0.29, 0.717) is 22.8 Å². The zero-order valence-electron chi connectivity index (χ0n) is 31.2. The van der Waals surface area contributed by atoms with E-state index in [9.17, 15) is 5.26 Å². The molecule has 0 aliphatic rings. The van der Waals surface area contributed by atoms with Crippen LogP contribution in [0.1, 0.15) is 5.56 Å². The number of hydrogen-bond acceptors (Lipinski definition) is 4. The summed E-state index contributed by atoms with van der Waals surface area (Å²) in [6.45, 7) is 0. The summed E-state index contributed by atoms with van der Waals surface area (Å²) in [5.74, 6) is 0.518. The molecule has 0 unspecified atom stereocenters. The number of nitrogens with zero attached hydrogens (tertiary/aromatic N) is 4. The minimum Gasteiger partial charge on any atom is -0.454 e. The van der Waals surface area contributed by atoms with Crippen LogP contribution < -0.4 is 0 Å². The Hall–Kier alpha value is -8.07. The summed E-state index contributed by atoms with van der Waals surface area (Å²) in [5.41, 5.74) is 13.0. The number of rotatable bonds is 6. The smallest absolute Gasteiger partial charge is 0.160 e. The molecule has 0 atom stereocenters. The number of benzene rings is 8. The molecule has 0 aliphatic carbocycles. The first kappa shape index (κ1) is 33.3. The van der Waals surface area contributed by atoms with Crippen LogP contribution in [0.25, 0.3) is 106 Å². The van der Waals surface area contributed by atoms with Crippen molar-refractivity contribution in [3.63, 3.8) is 0 Å². The monoisotopic (exact) mass is 740 g/mol. The number of hydrogen-bond donors (Lipinski definition) is 0. The molecule has 11 aromatic rings. The average Bonchev–Trinajstić information content (AvgIpc) is 3.85. The van der Waals surface area contributed by atoms with Gasteiger partial charge in [0.05, 0.1) is 28.1 Å². The fourth-order valence-corrected chi connectivity index (χ4v) is 8.47. The van der Waals surface area contributed by atoms with Gasteiger partial charge < -0.3 is 8.98 Å². The van der Waals surface area contributed by atoms with Gasteiger partial charge in [-0.1, -0.05) is 164 Å². The molecule has 0 saturated heterocycles. The molecule has 11 rings (SSSR count). The van der Waals surface area contributed by atoms with Crippen molar-refractivity contribution in [1.29, 1.82) is 5.26 Å². The zero-order valence-corrected chi connectivity index (χ0v) is 31.2. The summed E-state index contributed by atoms with van der Waals surface area (Å²) in [7, 11) is 0. The van der Waals surface area contributed by atoms with Gasteiger partial charge in [-0.3, -0.25) is 0 Å². The van der Waals surface area contributed by atoms with Crippen molar-refractivity contribution in [2.45, 2.75) is 0 Å². The van der Waals surface area contributed by atoms with Gasteiger partial charge in [0.25, 0.3) is 0 Å². The molecule has 0 radical (unpaired) electrons. The second-order valence-corrected chi connectivity index (χ2v) is 14.4. The number of para-hydroxylation sites is 2. The summed E-state index contributed by atoms with van der Waals surface area (Å²) in [6.07, 6.45) is 0. The first-order chi connectivity index (χ1) is 28.7. The molecular weight excluding hydrogens is 709 g/mol. The molecule has 0 spiro atoms. The first-order valence-corrected chi connectivity index (χ1v) is 19.3. The molecule has 0 aliphatic heterocycles. The van der Waals surface area contributed by atoms with E-state index in [2.05, 4.69) is 126 Å². The second kappa shape index (κ2) is 13.6. The van der Waals surface area contributed by atoms with E-state index in [1.54, 1.807) is 0 Å². The fourth-order valence-electron chi connectivity index (χ4n) is 8.47. The van der Waals surface area contributed by atoms with Crippen LogP contribution in [-0.4, -0.2) is 14.5 Å². The summed E-state index contributed by atoms with van der Waals surface area (Å²) in [4.78, 5) is 10.5. The van der Waals surface area contributed by atoms with Gasteiger partial charge in [-0.15, -0.1) is 0 Å². The maximum absolute atomic E-state index is 10.7. The van der Waals surface area contributed by atoms with Gasteiger partial charge in [-0.05, 0) is 47.0 Å². The van der Waals surface area contributed by atoms with Crippen LogP contribution in [0, 0.1) is 11.3 Å². The zero-order chi connectivity index (χ0) is 38.6. The standard InChI is InChI=1S/C53H32N4O/c54-33-44-49(36-21-9-3-10-22-36)55-53(56-50(44)37-23-11-4-12-24-37)38-31-43(34-17-5-1-6-18-34)48(35-19-7-2-8-20-35)46(32-38)57-45-27-15-13-25-39(45)41-29-30-42-40-26-14-16-28-47(40)58-52(42)51(41)57/h1-32H. The third-order valence-corrected chi connectivity index (χ3v) is 11.1. The van der Waals surface area contributed by atoms with Gasteiger partial charge >= 0.3 is 0 Å². The lowest BCUT2D eigenvalue weighted by atomic mass is 9.90. The predicted octanol–water partition coefficient (Wildman–Crippen LogP) is 13.7. The van der Waals surface area contributed by atoms with Gasteiger partial charge in [-0.2, -0.15) is 5.26 Å². The van der Waals surface area contributed by atoms with Crippen LogP contribution in [0.2, 0.25) is 0 Å². The second-order valence-electron chi connectivity index (χ2n) is 14.4. The number of nitriles is 1. The number of fused-ring (bicyclic) bond motifs is 7. The van der Waals surface area contributed by atoms with Crippen molar-refractivity contribution in [2.24, 2.45) is 0 Å². The van der Waals surface area contributed by atoms with Crippen LogP contribution in [0.15, 0.2) is 199 Å². The number of aromatic nitrogens is 3. The fraction of sp³-hybridized carbons (Fsp3) is 0. The highest BCUT2D eigenvalue weighted by atomic mass is 16.3. The predicted molar refractivity (Wildman–Crippen MR) is 236 cm³/mol. The van der Waals surface area contributed by atoms with Gasteiger partial charge in [0.2, 0.25) is 0 Å². The van der Waals surface area contributed by atoms with Crippen LogP contribution >= 0.6 is 0 Å². The van der Waals surface area contributed by atoms with E-state index >= 15 is 0 Å². The molecule has 0 saturated carbocycles. The molecule has 58 heavy (non-hydrogen) atoms. The summed E-state index contributed by atoms with van der Waals surface area (Å²) < 4.78 is 9.18. The lowest BCUT2D eigenvalue weighted by molar-refractivity contribution is 0.671. The molecule has 3 heterocycles. The topological polar surface area (TPSA) is 67.6 Å². The minimum atomic E-state index is 0.431. The lowest BCUT2D eigenvalue weighted by Gasteiger charge is -2.21. The average molecular weight is 741 g/mol. The van der Waals surface area contributed by atoms with Crippen LogP contribution in [-0.2, 0) is 0 Å². The van der Waals surface area contributed by atoms with Crippen LogP contribution in [0.4, 0.5) is 0 Å². The van der Waals surface area contributed by atoms with E-state index in [0.717, 1.165) is 88.4 Å². The van der Waals surface area contributed by atoms with E-state index in [1.807, 2.05) is 78.9 Å². The maximum Gasteiger partial charge on any atom is 0.160 e.